The van der Waals surface area contributed by atoms with Crippen LogP contribution in [0.25, 0.3) is 0 Å². The Hall–Kier alpha value is -3.52. The fourth-order valence-corrected chi connectivity index (χ4v) is 3.50. The number of benzene rings is 2. The van der Waals surface area contributed by atoms with E-state index in [1.807, 2.05) is 18.2 Å². The fraction of sp³-hybridized carbons (Fsp3) is 0.227. The summed E-state index contributed by atoms with van der Waals surface area (Å²) < 4.78 is 17.4. The normalized spacial score (nSPS) is 12.0. The highest BCUT2D eigenvalue weighted by molar-refractivity contribution is 6.31. The molecule has 0 atom stereocenters. The Balaban J connectivity index is 1.39. The van der Waals surface area contributed by atoms with Gasteiger partial charge >= 0.3 is 5.97 Å². The number of amides is 1. The lowest BCUT2D eigenvalue weighted by Crippen LogP contribution is -2.21. The van der Waals surface area contributed by atoms with E-state index in [1.165, 1.54) is 0 Å². The molecule has 3 aromatic rings. The molecule has 160 valence electrons. The van der Waals surface area contributed by atoms with Crippen LogP contribution in [0.5, 0.6) is 11.5 Å². The Morgan fingerprint density at radius 3 is 2.74 bits per heavy atom. The quantitative estimate of drug-likeness (QED) is 0.586. The smallest absolute Gasteiger partial charge is 0.342 e. The zero-order chi connectivity index (χ0) is 22.0. The van der Waals surface area contributed by atoms with Gasteiger partial charge < -0.3 is 19.5 Å². The number of fused-ring (bicyclic) bond motifs is 1. The number of ether oxygens (including phenoxy) is 3. The molecule has 1 N–H and O–H groups in total. The maximum absolute atomic E-state index is 12.6. The predicted octanol–water partition coefficient (Wildman–Crippen LogP) is 3.73. The molecule has 2 aromatic carbocycles. The Kier molecular flexibility index (Phi) is 5.81. The van der Waals surface area contributed by atoms with Crippen molar-refractivity contribution in [3.05, 3.63) is 70.0 Å². The number of anilines is 1. The molecule has 1 aliphatic heterocycles. The van der Waals surface area contributed by atoms with Gasteiger partial charge in [0.1, 0.15) is 5.56 Å². The topological polar surface area (TPSA) is 91.7 Å². The minimum atomic E-state index is -0.610. The van der Waals surface area contributed by atoms with Gasteiger partial charge in [0.05, 0.1) is 17.9 Å². The number of aromatic nitrogens is 2. The molecule has 0 radical (unpaired) electrons. The summed E-state index contributed by atoms with van der Waals surface area (Å²) >= 11 is 6.23. The molecule has 0 spiro atoms. The summed E-state index contributed by atoms with van der Waals surface area (Å²) in [5.41, 5.74) is 2.90. The van der Waals surface area contributed by atoms with Gasteiger partial charge in [-0.3, -0.25) is 9.48 Å². The van der Waals surface area contributed by atoms with Gasteiger partial charge in [0.15, 0.2) is 18.1 Å². The van der Waals surface area contributed by atoms with E-state index in [-0.39, 0.29) is 6.79 Å². The molecule has 0 aliphatic carbocycles. The summed E-state index contributed by atoms with van der Waals surface area (Å²) in [6, 6.07) is 12.5. The molecule has 31 heavy (non-hydrogen) atoms. The standard InChI is InChI=1S/C22H20ClN3O5/c1-13-21(14(2)26(25-13)10-15-5-3-4-6-17(15)23)22(28)29-11-20(27)24-16-7-8-18-19(9-16)31-12-30-18/h3-9H,10-12H2,1-2H3,(H,24,27). The van der Waals surface area contributed by atoms with E-state index in [9.17, 15) is 9.59 Å². The summed E-state index contributed by atoms with van der Waals surface area (Å²) in [6.07, 6.45) is 0. The lowest BCUT2D eigenvalue weighted by atomic mass is 10.2. The molecule has 8 nitrogen and oxygen atoms in total. The maximum Gasteiger partial charge on any atom is 0.342 e. The number of carbonyl (C=O) groups excluding carboxylic acids is 2. The zero-order valence-corrected chi connectivity index (χ0v) is 17.7. The van der Waals surface area contributed by atoms with Crippen molar-refractivity contribution in [1.82, 2.24) is 9.78 Å². The molecular weight excluding hydrogens is 422 g/mol. The molecule has 1 aromatic heterocycles. The number of nitrogens with one attached hydrogen (secondary N) is 1. The second-order valence-electron chi connectivity index (χ2n) is 6.99. The van der Waals surface area contributed by atoms with Crippen molar-refractivity contribution in [2.24, 2.45) is 0 Å². The third-order valence-electron chi connectivity index (χ3n) is 4.85. The SMILES string of the molecule is Cc1nn(Cc2ccccc2Cl)c(C)c1C(=O)OCC(=O)Nc1ccc2c(c1)OCO2. The van der Waals surface area contributed by atoms with Gasteiger partial charge in [-0.05, 0) is 37.6 Å². The Morgan fingerprint density at radius 1 is 1.16 bits per heavy atom. The third-order valence-corrected chi connectivity index (χ3v) is 5.22. The van der Waals surface area contributed by atoms with Gasteiger partial charge in [0, 0.05) is 16.8 Å². The minimum Gasteiger partial charge on any atom is -0.454 e. The van der Waals surface area contributed by atoms with Crippen molar-refractivity contribution < 1.29 is 23.8 Å². The van der Waals surface area contributed by atoms with E-state index in [0.29, 0.717) is 45.7 Å². The van der Waals surface area contributed by atoms with Crippen LogP contribution >= 0.6 is 11.6 Å². The van der Waals surface area contributed by atoms with Crippen LogP contribution in [0.4, 0.5) is 5.69 Å². The van der Waals surface area contributed by atoms with Gasteiger partial charge in [-0.1, -0.05) is 29.8 Å². The molecule has 4 rings (SSSR count). The number of esters is 1. The van der Waals surface area contributed by atoms with Gasteiger partial charge in [-0.25, -0.2) is 4.79 Å². The molecule has 2 heterocycles. The largest absolute Gasteiger partial charge is 0.454 e. The van der Waals surface area contributed by atoms with Crippen LogP contribution in [0.15, 0.2) is 42.5 Å². The molecule has 0 fully saturated rings. The van der Waals surface area contributed by atoms with Crippen LogP contribution in [-0.2, 0) is 16.1 Å². The average molecular weight is 442 g/mol. The van der Waals surface area contributed by atoms with Crippen molar-refractivity contribution in [2.45, 2.75) is 20.4 Å². The van der Waals surface area contributed by atoms with E-state index >= 15 is 0 Å². The highest BCUT2D eigenvalue weighted by Crippen LogP contribution is 2.34. The third kappa shape index (κ3) is 4.49. The molecule has 0 bridgehead atoms. The lowest BCUT2D eigenvalue weighted by Gasteiger charge is -2.08. The number of hydrogen-bond donors (Lipinski definition) is 1. The monoisotopic (exact) mass is 441 g/mol. The molecule has 9 heteroatoms. The van der Waals surface area contributed by atoms with Crippen molar-refractivity contribution in [1.29, 1.82) is 0 Å². The molecular formula is C22H20ClN3O5. The van der Waals surface area contributed by atoms with Crippen LogP contribution in [0.2, 0.25) is 5.02 Å². The van der Waals surface area contributed by atoms with E-state index in [4.69, 9.17) is 25.8 Å². The van der Waals surface area contributed by atoms with Gasteiger partial charge in [0.2, 0.25) is 6.79 Å². The van der Waals surface area contributed by atoms with Crippen molar-refractivity contribution in [3.8, 4) is 11.5 Å². The Labute approximate surface area is 183 Å². The molecule has 1 amide bonds. The molecule has 0 saturated heterocycles. The number of rotatable bonds is 6. The fourth-order valence-electron chi connectivity index (χ4n) is 3.31. The minimum absolute atomic E-state index is 0.146. The van der Waals surface area contributed by atoms with E-state index < -0.39 is 18.5 Å². The number of hydrogen-bond acceptors (Lipinski definition) is 6. The second kappa shape index (κ2) is 8.69. The van der Waals surface area contributed by atoms with E-state index in [0.717, 1.165) is 5.56 Å². The van der Waals surface area contributed by atoms with Crippen LogP contribution in [-0.4, -0.2) is 35.1 Å². The molecule has 1 aliphatic rings. The van der Waals surface area contributed by atoms with Crippen LogP contribution in [0, 0.1) is 13.8 Å². The number of carbonyl (C=O) groups is 2. The highest BCUT2D eigenvalue weighted by atomic mass is 35.5. The maximum atomic E-state index is 12.6. The number of aryl methyl sites for hydroxylation is 1. The summed E-state index contributed by atoms with van der Waals surface area (Å²) in [5.74, 6) is 0.0865. The summed E-state index contributed by atoms with van der Waals surface area (Å²) in [7, 11) is 0. The van der Waals surface area contributed by atoms with Crippen molar-refractivity contribution >= 4 is 29.2 Å². The Bertz CT molecular complexity index is 1160. The summed E-state index contributed by atoms with van der Waals surface area (Å²) in [4.78, 5) is 24.8. The van der Waals surface area contributed by atoms with E-state index in [2.05, 4.69) is 10.4 Å². The van der Waals surface area contributed by atoms with Crippen molar-refractivity contribution in [3.63, 3.8) is 0 Å². The highest BCUT2D eigenvalue weighted by Gasteiger charge is 2.22. The first-order chi connectivity index (χ1) is 14.9. The van der Waals surface area contributed by atoms with Crippen molar-refractivity contribution in [2.75, 3.05) is 18.7 Å². The average Bonchev–Trinajstić information content (AvgIpc) is 3.31. The first kappa shape index (κ1) is 20.7. The van der Waals surface area contributed by atoms with Crippen LogP contribution in [0.3, 0.4) is 0 Å². The van der Waals surface area contributed by atoms with E-state index in [1.54, 1.807) is 42.8 Å². The first-order valence-corrected chi connectivity index (χ1v) is 9.94. The zero-order valence-electron chi connectivity index (χ0n) is 17.0. The van der Waals surface area contributed by atoms with Crippen LogP contribution < -0.4 is 14.8 Å². The summed E-state index contributed by atoms with van der Waals surface area (Å²) in [6.45, 7) is 3.64. The predicted molar refractivity (Wildman–Crippen MR) is 114 cm³/mol. The van der Waals surface area contributed by atoms with Crippen LogP contribution in [0.1, 0.15) is 27.3 Å². The second-order valence-corrected chi connectivity index (χ2v) is 7.39. The van der Waals surface area contributed by atoms with Gasteiger partial charge in [-0.15, -0.1) is 0 Å². The van der Waals surface area contributed by atoms with Gasteiger partial charge in [0.25, 0.3) is 5.91 Å². The van der Waals surface area contributed by atoms with Gasteiger partial charge in [-0.2, -0.15) is 5.10 Å². The molecule has 0 saturated carbocycles. The first-order valence-electron chi connectivity index (χ1n) is 9.56. The number of nitrogens with zero attached hydrogens (tertiary/aromatic N) is 2. The summed E-state index contributed by atoms with van der Waals surface area (Å²) in [5, 5.41) is 7.72. The Morgan fingerprint density at radius 2 is 1.94 bits per heavy atom. The molecule has 0 unspecified atom stereocenters. The number of halogens is 1. The lowest BCUT2D eigenvalue weighted by molar-refractivity contribution is -0.119.